The molecule has 2 fully saturated rings. The summed E-state index contributed by atoms with van der Waals surface area (Å²) in [5.74, 6) is 0.743. The van der Waals surface area contributed by atoms with E-state index in [-0.39, 0.29) is 18.3 Å². The van der Waals surface area contributed by atoms with Gasteiger partial charge >= 0.3 is 0 Å². The quantitative estimate of drug-likeness (QED) is 0.738. The predicted molar refractivity (Wildman–Crippen MR) is 56.2 cm³/mol. The van der Waals surface area contributed by atoms with E-state index in [4.69, 9.17) is 9.84 Å². The van der Waals surface area contributed by atoms with Crippen molar-refractivity contribution in [1.29, 1.82) is 0 Å². The summed E-state index contributed by atoms with van der Waals surface area (Å²) in [6.45, 7) is 2.48. The number of ether oxygens (including phenoxy) is 1. The Kier molecular flexibility index (Phi) is 3.13. The molecule has 1 N–H and O–H groups in total. The minimum atomic E-state index is 0.127. The monoisotopic (exact) mass is 198 g/mol. The van der Waals surface area contributed by atoms with Gasteiger partial charge in [0.1, 0.15) is 0 Å². The lowest BCUT2D eigenvalue weighted by molar-refractivity contribution is -0.111. The summed E-state index contributed by atoms with van der Waals surface area (Å²) in [4.78, 5) is 0. The summed E-state index contributed by atoms with van der Waals surface area (Å²) < 4.78 is 6.09. The van der Waals surface area contributed by atoms with E-state index in [1.54, 1.807) is 0 Å². The molecule has 2 nitrogen and oxygen atoms in total. The third-order valence-corrected chi connectivity index (χ3v) is 4.13. The van der Waals surface area contributed by atoms with Gasteiger partial charge in [0.2, 0.25) is 0 Å². The van der Waals surface area contributed by atoms with Crippen LogP contribution in [0.3, 0.4) is 0 Å². The van der Waals surface area contributed by atoms with E-state index in [2.05, 4.69) is 6.92 Å². The molecular weight excluding hydrogens is 176 g/mol. The van der Waals surface area contributed by atoms with Crippen molar-refractivity contribution < 1.29 is 9.84 Å². The molecule has 1 spiro atoms. The summed E-state index contributed by atoms with van der Waals surface area (Å²) in [6, 6.07) is 0. The van der Waals surface area contributed by atoms with Crippen molar-refractivity contribution in [3.05, 3.63) is 0 Å². The van der Waals surface area contributed by atoms with Gasteiger partial charge in [-0.25, -0.2) is 0 Å². The van der Waals surface area contributed by atoms with Gasteiger partial charge in [-0.15, -0.1) is 0 Å². The van der Waals surface area contributed by atoms with Gasteiger partial charge in [-0.1, -0.05) is 26.2 Å². The first-order valence-electron chi connectivity index (χ1n) is 6.09. The zero-order valence-electron chi connectivity index (χ0n) is 9.17. The number of hydrogen-bond acceptors (Lipinski definition) is 2. The highest BCUT2D eigenvalue weighted by Crippen LogP contribution is 2.46. The molecule has 1 aliphatic heterocycles. The Balaban J connectivity index is 2.05. The fraction of sp³-hybridized carbons (Fsp3) is 1.00. The zero-order chi connectivity index (χ0) is 10.0. The highest BCUT2D eigenvalue weighted by atomic mass is 16.5. The summed E-state index contributed by atoms with van der Waals surface area (Å²) in [5.41, 5.74) is 0.153. The van der Waals surface area contributed by atoms with Crippen LogP contribution in [0.25, 0.3) is 0 Å². The molecule has 0 bridgehead atoms. The number of aliphatic hydroxyl groups excluding tert-OH is 1. The fourth-order valence-corrected chi connectivity index (χ4v) is 3.33. The minimum absolute atomic E-state index is 0.127. The van der Waals surface area contributed by atoms with E-state index in [0.717, 1.165) is 12.3 Å². The molecule has 0 unspecified atom stereocenters. The Hall–Kier alpha value is -0.0800. The molecule has 3 atom stereocenters. The molecule has 0 aromatic carbocycles. The van der Waals surface area contributed by atoms with Gasteiger partial charge in [0.15, 0.2) is 0 Å². The van der Waals surface area contributed by atoms with Crippen molar-refractivity contribution in [1.82, 2.24) is 0 Å². The highest BCUT2D eigenvalue weighted by Gasteiger charge is 2.46. The van der Waals surface area contributed by atoms with Crippen molar-refractivity contribution in [3.8, 4) is 0 Å². The molecule has 0 aromatic heterocycles. The van der Waals surface area contributed by atoms with Crippen LogP contribution in [-0.4, -0.2) is 23.4 Å². The molecule has 1 saturated carbocycles. The molecule has 1 aliphatic carbocycles. The number of rotatable bonds is 2. The van der Waals surface area contributed by atoms with Crippen LogP contribution >= 0.6 is 0 Å². The maximum Gasteiger partial charge on any atom is 0.0814 e. The van der Waals surface area contributed by atoms with E-state index in [1.165, 1.54) is 38.5 Å². The van der Waals surface area contributed by atoms with E-state index in [1.807, 2.05) is 0 Å². The zero-order valence-corrected chi connectivity index (χ0v) is 9.17. The standard InChI is InChI=1S/C12H22O2/c1-2-10-5-3-4-7-12(10)8-6-11(9-13)14-12/h10-11,13H,2-9H2,1H3/t10-,11-,12+/m1/s1. The van der Waals surface area contributed by atoms with Crippen LogP contribution < -0.4 is 0 Å². The number of hydrogen-bond donors (Lipinski definition) is 1. The van der Waals surface area contributed by atoms with Gasteiger partial charge in [0, 0.05) is 0 Å². The van der Waals surface area contributed by atoms with E-state index in [0.29, 0.717) is 0 Å². The smallest absolute Gasteiger partial charge is 0.0814 e. The van der Waals surface area contributed by atoms with Crippen molar-refractivity contribution >= 4 is 0 Å². The van der Waals surface area contributed by atoms with Gasteiger partial charge in [0.25, 0.3) is 0 Å². The molecule has 2 aliphatic rings. The second-order valence-corrected chi connectivity index (χ2v) is 4.88. The van der Waals surface area contributed by atoms with Crippen molar-refractivity contribution in [3.63, 3.8) is 0 Å². The van der Waals surface area contributed by atoms with Gasteiger partial charge in [-0.3, -0.25) is 0 Å². The van der Waals surface area contributed by atoms with Crippen LogP contribution in [0.4, 0.5) is 0 Å². The molecule has 1 saturated heterocycles. The Labute approximate surface area is 86.6 Å². The van der Waals surface area contributed by atoms with Crippen LogP contribution in [0.5, 0.6) is 0 Å². The Morgan fingerprint density at radius 3 is 2.79 bits per heavy atom. The van der Waals surface area contributed by atoms with Crippen molar-refractivity contribution in [2.24, 2.45) is 5.92 Å². The van der Waals surface area contributed by atoms with Crippen LogP contribution in [0, 0.1) is 5.92 Å². The molecular formula is C12H22O2. The third-order valence-electron chi connectivity index (χ3n) is 4.13. The molecule has 14 heavy (non-hydrogen) atoms. The first-order chi connectivity index (χ1) is 6.80. The lowest BCUT2D eigenvalue weighted by atomic mass is 9.72. The van der Waals surface area contributed by atoms with Gasteiger partial charge in [-0.2, -0.15) is 0 Å². The molecule has 2 heteroatoms. The van der Waals surface area contributed by atoms with Gasteiger partial charge in [-0.05, 0) is 31.6 Å². The van der Waals surface area contributed by atoms with E-state index < -0.39 is 0 Å². The second-order valence-electron chi connectivity index (χ2n) is 4.88. The summed E-state index contributed by atoms with van der Waals surface area (Å²) in [5, 5.41) is 9.11. The first kappa shape index (κ1) is 10.4. The Morgan fingerprint density at radius 1 is 1.29 bits per heavy atom. The molecule has 82 valence electrons. The maximum atomic E-state index is 9.11. The topological polar surface area (TPSA) is 29.5 Å². The Bertz CT molecular complexity index is 193. The predicted octanol–water partition coefficient (Wildman–Crippen LogP) is 2.50. The highest BCUT2D eigenvalue weighted by molar-refractivity contribution is 4.96. The van der Waals surface area contributed by atoms with Crippen LogP contribution in [-0.2, 0) is 4.74 Å². The average Bonchev–Trinajstić information content (AvgIpc) is 2.63. The largest absolute Gasteiger partial charge is 0.394 e. The second kappa shape index (κ2) is 4.19. The van der Waals surface area contributed by atoms with E-state index in [9.17, 15) is 0 Å². The SMILES string of the molecule is CC[C@@H]1CCCC[C@]12CC[C@H](CO)O2. The summed E-state index contributed by atoms with van der Waals surface area (Å²) in [7, 11) is 0. The lowest BCUT2D eigenvalue weighted by Gasteiger charge is -2.41. The molecule has 1 heterocycles. The minimum Gasteiger partial charge on any atom is -0.394 e. The normalized spacial score (nSPS) is 43.3. The lowest BCUT2D eigenvalue weighted by Crippen LogP contribution is -2.40. The average molecular weight is 198 g/mol. The molecule has 0 aromatic rings. The van der Waals surface area contributed by atoms with Crippen molar-refractivity contribution in [2.75, 3.05) is 6.61 Å². The maximum absolute atomic E-state index is 9.11. The van der Waals surface area contributed by atoms with Gasteiger partial charge < -0.3 is 9.84 Å². The molecule has 0 radical (unpaired) electrons. The third kappa shape index (κ3) is 1.70. The molecule has 2 rings (SSSR count). The van der Waals surface area contributed by atoms with E-state index >= 15 is 0 Å². The molecule has 0 amide bonds. The Morgan fingerprint density at radius 2 is 2.14 bits per heavy atom. The fourth-order valence-electron chi connectivity index (χ4n) is 3.33. The van der Waals surface area contributed by atoms with Crippen molar-refractivity contribution in [2.45, 2.75) is 63.6 Å². The van der Waals surface area contributed by atoms with Gasteiger partial charge in [0.05, 0.1) is 18.3 Å². The van der Waals surface area contributed by atoms with Crippen LogP contribution in [0.2, 0.25) is 0 Å². The number of aliphatic hydroxyl groups is 1. The summed E-state index contributed by atoms with van der Waals surface area (Å²) in [6.07, 6.45) is 8.84. The van der Waals surface area contributed by atoms with Crippen LogP contribution in [0.1, 0.15) is 51.9 Å². The first-order valence-corrected chi connectivity index (χ1v) is 6.09. The summed E-state index contributed by atoms with van der Waals surface area (Å²) >= 11 is 0. The van der Waals surface area contributed by atoms with Crippen LogP contribution in [0.15, 0.2) is 0 Å².